The van der Waals surface area contributed by atoms with E-state index in [1.165, 1.54) is 26.7 Å². The van der Waals surface area contributed by atoms with Crippen LogP contribution in [0.5, 0.6) is 5.75 Å². The second kappa shape index (κ2) is 7.09. The molecular formula is C23H19OP. The molecule has 0 saturated heterocycles. The van der Waals surface area contributed by atoms with Crippen LogP contribution in [-0.2, 0) is 0 Å². The Balaban J connectivity index is 1.98. The zero-order chi connectivity index (χ0) is 17.1. The molecule has 0 heterocycles. The minimum absolute atomic E-state index is 0.671. The third-order valence-corrected chi connectivity index (χ3v) is 6.78. The van der Waals surface area contributed by atoms with Crippen molar-refractivity contribution in [2.24, 2.45) is 0 Å². The van der Waals surface area contributed by atoms with E-state index in [0.29, 0.717) is 0 Å². The average molecular weight is 342 g/mol. The molecule has 0 saturated carbocycles. The normalized spacial score (nSPS) is 11.0. The molecule has 122 valence electrons. The van der Waals surface area contributed by atoms with Gasteiger partial charge in [0.1, 0.15) is 5.75 Å². The molecule has 4 rings (SSSR count). The van der Waals surface area contributed by atoms with E-state index >= 15 is 0 Å². The Morgan fingerprint density at radius 2 is 1.08 bits per heavy atom. The van der Waals surface area contributed by atoms with Crippen LogP contribution in [0.3, 0.4) is 0 Å². The molecule has 0 aliphatic heterocycles. The van der Waals surface area contributed by atoms with Crippen molar-refractivity contribution < 1.29 is 4.74 Å². The molecule has 0 radical (unpaired) electrons. The minimum Gasteiger partial charge on any atom is -0.496 e. The van der Waals surface area contributed by atoms with Gasteiger partial charge in [-0.3, -0.25) is 0 Å². The van der Waals surface area contributed by atoms with Crippen LogP contribution in [0.2, 0.25) is 0 Å². The lowest BCUT2D eigenvalue weighted by Gasteiger charge is -2.22. The highest BCUT2D eigenvalue weighted by Gasteiger charge is 2.20. The van der Waals surface area contributed by atoms with Crippen molar-refractivity contribution in [1.82, 2.24) is 0 Å². The lowest BCUT2D eigenvalue weighted by atomic mass is 10.1. The molecule has 0 bridgehead atoms. The molecule has 25 heavy (non-hydrogen) atoms. The molecule has 4 aromatic carbocycles. The molecule has 0 aliphatic rings. The summed E-state index contributed by atoms with van der Waals surface area (Å²) in [6, 6.07) is 34.4. The first-order chi connectivity index (χ1) is 12.4. The van der Waals surface area contributed by atoms with Crippen molar-refractivity contribution in [3.8, 4) is 5.75 Å². The van der Waals surface area contributed by atoms with Gasteiger partial charge >= 0.3 is 0 Å². The number of hydrogen-bond donors (Lipinski definition) is 0. The van der Waals surface area contributed by atoms with Crippen molar-refractivity contribution in [1.29, 1.82) is 0 Å². The van der Waals surface area contributed by atoms with E-state index in [0.717, 1.165) is 5.75 Å². The van der Waals surface area contributed by atoms with Crippen LogP contribution in [0.1, 0.15) is 0 Å². The monoisotopic (exact) mass is 342 g/mol. The molecule has 0 atom stereocenters. The summed E-state index contributed by atoms with van der Waals surface area (Å²) in [5.41, 5.74) is 0. The number of methoxy groups -OCH3 is 1. The molecule has 0 amide bonds. The summed E-state index contributed by atoms with van der Waals surface area (Å²) >= 11 is 0. The summed E-state index contributed by atoms with van der Waals surface area (Å²) in [7, 11) is 1.09. The Labute approximate surface area is 149 Å². The number of benzene rings is 4. The van der Waals surface area contributed by atoms with E-state index in [1.54, 1.807) is 7.11 Å². The minimum atomic E-state index is -0.671. The van der Waals surface area contributed by atoms with Gasteiger partial charge in [0, 0.05) is 5.30 Å². The maximum atomic E-state index is 5.79. The van der Waals surface area contributed by atoms with E-state index < -0.39 is 7.92 Å². The van der Waals surface area contributed by atoms with Gasteiger partial charge in [0.15, 0.2) is 0 Å². The summed E-state index contributed by atoms with van der Waals surface area (Å²) in [5.74, 6) is 0.956. The predicted molar refractivity (Wildman–Crippen MR) is 109 cm³/mol. The molecule has 0 unspecified atom stereocenters. The highest BCUT2D eigenvalue weighted by Crippen LogP contribution is 2.38. The Kier molecular flexibility index (Phi) is 4.50. The van der Waals surface area contributed by atoms with Gasteiger partial charge in [-0.15, -0.1) is 0 Å². The number of fused-ring (bicyclic) bond motifs is 1. The van der Waals surface area contributed by atoms with Gasteiger partial charge in [0.2, 0.25) is 0 Å². The van der Waals surface area contributed by atoms with Gasteiger partial charge in [-0.05, 0) is 41.4 Å². The molecule has 0 fully saturated rings. The van der Waals surface area contributed by atoms with Gasteiger partial charge in [0.05, 0.1) is 7.11 Å². The van der Waals surface area contributed by atoms with E-state index in [2.05, 4.69) is 97.1 Å². The Morgan fingerprint density at radius 1 is 0.600 bits per heavy atom. The molecule has 1 nitrogen and oxygen atoms in total. The van der Waals surface area contributed by atoms with Crippen LogP contribution in [0.4, 0.5) is 0 Å². The fourth-order valence-corrected chi connectivity index (χ4v) is 5.57. The molecule has 0 aliphatic carbocycles. The van der Waals surface area contributed by atoms with Crippen molar-refractivity contribution in [3.05, 3.63) is 97.1 Å². The Morgan fingerprint density at radius 3 is 1.60 bits per heavy atom. The Hall–Kier alpha value is -2.63. The largest absolute Gasteiger partial charge is 0.496 e. The fourth-order valence-electron chi connectivity index (χ4n) is 3.13. The van der Waals surface area contributed by atoms with E-state index in [1.807, 2.05) is 0 Å². The summed E-state index contributed by atoms with van der Waals surface area (Å²) < 4.78 is 5.79. The topological polar surface area (TPSA) is 9.23 Å². The molecule has 0 aromatic heterocycles. The smallest absolute Gasteiger partial charge is 0.127 e. The van der Waals surface area contributed by atoms with Crippen molar-refractivity contribution >= 4 is 34.6 Å². The third kappa shape index (κ3) is 3.16. The first-order valence-electron chi connectivity index (χ1n) is 8.34. The highest BCUT2D eigenvalue weighted by molar-refractivity contribution is 7.80. The average Bonchev–Trinajstić information content (AvgIpc) is 2.69. The van der Waals surface area contributed by atoms with E-state index in [9.17, 15) is 0 Å². The maximum Gasteiger partial charge on any atom is 0.127 e. The SMILES string of the molecule is COc1cc2ccccc2cc1P(c1ccccc1)c1ccccc1. The molecule has 0 N–H and O–H groups in total. The number of ether oxygens (including phenoxy) is 1. The third-order valence-electron chi connectivity index (χ3n) is 4.32. The molecule has 0 spiro atoms. The summed E-state index contributed by atoms with van der Waals surface area (Å²) in [5, 5.41) is 6.37. The standard InChI is InChI=1S/C23H19OP/c1-24-22-16-18-10-8-9-11-19(18)17-23(22)25(20-12-4-2-5-13-20)21-14-6-3-7-15-21/h2-17H,1H3. The van der Waals surface area contributed by atoms with Gasteiger partial charge in [-0.2, -0.15) is 0 Å². The van der Waals surface area contributed by atoms with Crippen molar-refractivity contribution in [3.63, 3.8) is 0 Å². The van der Waals surface area contributed by atoms with Crippen LogP contribution in [0.15, 0.2) is 97.1 Å². The summed E-state index contributed by atoms with van der Waals surface area (Å²) in [4.78, 5) is 0. The van der Waals surface area contributed by atoms with Crippen molar-refractivity contribution in [2.45, 2.75) is 0 Å². The van der Waals surface area contributed by atoms with Crippen LogP contribution in [0, 0.1) is 0 Å². The van der Waals surface area contributed by atoms with Crippen molar-refractivity contribution in [2.75, 3.05) is 7.11 Å². The molecule has 4 aromatic rings. The highest BCUT2D eigenvalue weighted by atomic mass is 31.1. The first kappa shape index (κ1) is 15.9. The van der Waals surface area contributed by atoms with Gasteiger partial charge in [0.25, 0.3) is 0 Å². The first-order valence-corrected chi connectivity index (χ1v) is 9.68. The lowest BCUT2D eigenvalue weighted by Crippen LogP contribution is -2.21. The quantitative estimate of drug-likeness (QED) is 0.492. The van der Waals surface area contributed by atoms with Gasteiger partial charge in [-0.1, -0.05) is 84.9 Å². The van der Waals surface area contributed by atoms with Crippen LogP contribution >= 0.6 is 7.92 Å². The second-order valence-electron chi connectivity index (χ2n) is 5.88. The number of hydrogen-bond acceptors (Lipinski definition) is 1. The lowest BCUT2D eigenvalue weighted by molar-refractivity contribution is 0.419. The Bertz CT molecular complexity index is 941. The zero-order valence-electron chi connectivity index (χ0n) is 14.1. The van der Waals surface area contributed by atoms with Crippen LogP contribution in [0.25, 0.3) is 10.8 Å². The van der Waals surface area contributed by atoms with E-state index in [4.69, 9.17) is 4.74 Å². The summed E-state index contributed by atoms with van der Waals surface area (Å²) in [6.45, 7) is 0. The molecular weight excluding hydrogens is 323 g/mol. The fraction of sp³-hybridized carbons (Fsp3) is 0.0435. The maximum absolute atomic E-state index is 5.79. The van der Waals surface area contributed by atoms with Gasteiger partial charge in [-0.25, -0.2) is 0 Å². The van der Waals surface area contributed by atoms with Gasteiger partial charge < -0.3 is 4.74 Å². The number of rotatable bonds is 4. The predicted octanol–water partition coefficient (Wildman–Crippen LogP) is 4.61. The molecule has 2 heteroatoms. The zero-order valence-corrected chi connectivity index (χ0v) is 15.0. The van der Waals surface area contributed by atoms with Crippen LogP contribution in [-0.4, -0.2) is 7.11 Å². The summed E-state index contributed by atoms with van der Waals surface area (Å²) in [6.07, 6.45) is 0. The second-order valence-corrected chi connectivity index (χ2v) is 8.06. The van der Waals surface area contributed by atoms with Crippen LogP contribution < -0.4 is 20.7 Å². The van der Waals surface area contributed by atoms with E-state index in [-0.39, 0.29) is 0 Å².